The molecule has 0 fully saturated rings. The monoisotopic (exact) mass is 270 g/mol. The minimum atomic E-state index is -3.35. The Morgan fingerprint density at radius 3 is 2.56 bits per heavy atom. The molecule has 0 aliphatic rings. The zero-order valence-electron chi connectivity index (χ0n) is 10.5. The van der Waals surface area contributed by atoms with Gasteiger partial charge in [0.25, 0.3) is 0 Å². The third kappa shape index (κ3) is 4.46. The molecule has 6 heteroatoms. The summed E-state index contributed by atoms with van der Waals surface area (Å²) in [6.45, 7) is 1.82. The van der Waals surface area contributed by atoms with Crippen LogP contribution < -0.4 is 11.1 Å². The van der Waals surface area contributed by atoms with Gasteiger partial charge >= 0.3 is 0 Å². The van der Waals surface area contributed by atoms with Gasteiger partial charge in [0.2, 0.25) is 5.91 Å². The van der Waals surface area contributed by atoms with Crippen LogP contribution in [-0.4, -0.2) is 26.6 Å². The second-order valence-electron chi connectivity index (χ2n) is 4.33. The summed E-state index contributed by atoms with van der Waals surface area (Å²) < 4.78 is 23.1. The van der Waals surface area contributed by atoms with Gasteiger partial charge in [-0.3, -0.25) is 4.79 Å². The van der Waals surface area contributed by atoms with E-state index in [1.54, 1.807) is 18.2 Å². The van der Waals surface area contributed by atoms with Gasteiger partial charge in [0.15, 0.2) is 9.84 Å². The lowest BCUT2D eigenvalue weighted by Gasteiger charge is -2.10. The molecule has 0 spiro atoms. The molecule has 1 unspecified atom stereocenters. The largest absolute Gasteiger partial charge is 0.328 e. The molecule has 1 amide bonds. The van der Waals surface area contributed by atoms with Gasteiger partial charge in [-0.1, -0.05) is 12.1 Å². The highest BCUT2D eigenvalue weighted by atomic mass is 32.2. The van der Waals surface area contributed by atoms with Crippen LogP contribution in [0.25, 0.3) is 0 Å². The number of hydrogen-bond donors (Lipinski definition) is 2. The topological polar surface area (TPSA) is 89.3 Å². The van der Waals surface area contributed by atoms with Crippen molar-refractivity contribution in [2.45, 2.75) is 30.7 Å². The molecule has 5 nitrogen and oxygen atoms in total. The third-order valence-corrected chi connectivity index (χ3v) is 3.54. The zero-order valence-corrected chi connectivity index (χ0v) is 11.3. The van der Waals surface area contributed by atoms with E-state index in [2.05, 4.69) is 5.32 Å². The van der Waals surface area contributed by atoms with Gasteiger partial charge in [-0.2, -0.15) is 0 Å². The fourth-order valence-corrected chi connectivity index (χ4v) is 2.31. The first-order valence-corrected chi connectivity index (χ1v) is 7.54. The Hall–Kier alpha value is -1.40. The van der Waals surface area contributed by atoms with Crippen LogP contribution in [-0.2, 0) is 14.6 Å². The summed E-state index contributed by atoms with van der Waals surface area (Å²) in [7, 11) is -3.35. The molecule has 1 aromatic rings. The molecule has 0 aromatic heterocycles. The van der Waals surface area contributed by atoms with Gasteiger partial charge < -0.3 is 11.1 Å². The number of anilines is 1. The van der Waals surface area contributed by atoms with E-state index in [1.165, 1.54) is 6.07 Å². The molecular weight excluding hydrogens is 252 g/mol. The molecule has 0 saturated heterocycles. The molecule has 0 aliphatic carbocycles. The van der Waals surface area contributed by atoms with Crippen molar-refractivity contribution < 1.29 is 13.2 Å². The average molecular weight is 270 g/mol. The van der Waals surface area contributed by atoms with Crippen molar-refractivity contribution in [3.05, 3.63) is 24.3 Å². The third-order valence-electron chi connectivity index (χ3n) is 2.39. The number of rotatable bonds is 5. The van der Waals surface area contributed by atoms with E-state index < -0.39 is 9.84 Å². The first kappa shape index (κ1) is 14.7. The summed E-state index contributed by atoms with van der Waals surface area (Å²) in [6, 6.07) is 6.28. The van der Waals surface area contributed by atoms with E-state index in [0.717, 1.165) is 6.26 Å². The predicted molar refractivity (Wildman–Crippen MR) is 71.1 cm³/mol. The number of carbonyl (C=O) groups excluding carboxylic acids is 1. The molecule has 0 heterocycles. The zero-order chi connectivity index (χ0) is 13.8. The molecule has 18 heavy (non-hydrogen) atoms. The minimum Gasteiger partial charge on any atom is -0.328 e. The maximum absolute atomic E-state index is 11.6. The number of sulfone groups is 1. The van der Waals surface area contributed by atoms with E-state index in [-0.39, 0.29) is 23.3 Å². The number of carbonyl (C=O) groups is 1. The molecule has 0 saturated carbocycles. The van der Waals surface area contributed by atoms with E-state index in [9.17, 15) is 13.2 Å². The number of para-hydroxylation sites is 1. The summed E-state index contributed by atoms with van der Waals surface area (Å²) in [5.41, 5.74) is 5.87. The molecule has 0 radical (unpaired) electrons. The lowest BCUT2D eigenvalue weighted by atomic mass is 10.2. The average Bonchev–Trinajstić information content (AvgIpc) is 2.25. The van der Waals surface area contributed by atoms with Gasteiger partial charge in [0.05, 0.1) is 10.6 Å². The van der Waals surface area contributed by atoms with E-state index >= 15 is 0 Å². The van der Waals surface area contributed by atoms with E-state index in [1.807, 2.05) is 6.92 Å². The van der Waals surface area contributed by atoms with Crippen molar-refractivity contribution in [2.24, 2.45) is 5.73 Å². The maximum atomic E-state index is 11.6. The summed E-state index contributed by atoms with van der Waals surface area (Å²) in [4.78, 5) is 11.8. The van der Waals surface area contributed by atoms with Crippen LogP contribution in [0.3, 0.4) is 0 Å². The van der Waals surface area contributed by atoms with Crippen LogP contribution in [0.5, 0.6) is 0 Å². The highest BCUT2D eigenvalue weighted by Gasteiger charge is 2.14. The minimum absolute atomic E-state index is 0.0547. The van der Waals surface area contributed by atoms with Crippen molar-refractivity contribution >= 4 is 21.4 Å². The highest BCUT2D eigenvalue weighted by Crippen LogP contribution is 2.20. The van der Waals surface area contributed by atoms with Crippen LogP contribution in [0.15, 0.2) is 29.2 Å². The Labute approximate surface area is 107 Å². The molecule has 1 aromatic carbocycles. The summed E-state index contributed by atoms with van der Waals surface area (Å²) >= 11 is 0. The van der Waals surface area contributed by atoms with Crippen molar-refractivity contribution in [3.63, 3.8) is 0 Å². The smallest absolute Gasteiger partial charge is 0.224 e. The molecular formula is C12H18N2O3S. The fraction of sp³-hybridized carbons (Fsp3) is 0.417. The standard InChI is InChI=1S/C12H18N2O3S/c1-9(13)7-8-12(15)14-10-5-3-4-6-11(10)18(2,16)17/h3-6,9H,7-8,13H2,1-2H3,(H,14,15). The molecule has 100 valence electrons. The lowest BCUT2D eigenvalue weighted by Crippen LogP contribution is -2.20. The van der Waals surface area contributed by atoms with Crippen molar-refractivity contribution in [2.75, 3.05) is 11.6 Å². The number of nitrogens with two attached hydrogens (primary N) is 1. The number of benzene rings is 1. The van der Waals surface area contributed by atoms with Gasteiger partial charge in [0.1, 0.15) is 0 Å². The predicted octanol–water partition coefficient (Wildman–Crippen LogP) is 1.16. The Morgan fingerprint density at radius 2 is 2.00 bits per heavy atom. The van der Waals surface area contributed by atoms with Crippen molar-refractivity contribution in [1.29, 1.82) is 0 Å². The van der Waals surface area contributed by atoms with Gasteiger partial charge in [0, 0.05) is 18.7 Å². The molecule has 1 atom stereocenters. The van der Waals surface area contributed by atoms with Gasteiger partial charge in [-0.05, 0) is 25.5 Å². The number of nitrogens with one attached hydrogen (secondary N) is 1. The number of amides is 1. The highest BCUT2D eigenvalue weighted by molar-refractivity contribution is 7.90. The second-order valence-corrected chi connectivity index (χ2v) is 6.32. The van der Waals surface area contributed by atoms with E-state index in [4.69, 9.17) is 5.73 Å². The number of hydrogen-bond acceptors (Lipinski definition) is 4. The second kappa shape index (κ2) is 5.97. The SMILES string of the molecule is CC(N)CCC(=O)Nc1ccccc1S(C)(=O)=O. The first-order valence-electron chi connectivity index (χ1n) is 5.65. The van der Waals surface area contributed by atoms with Crippen molar-refractivity contribution in [3.8, 4) is 0 Å². The molecule has 3 N–H and O–H groups in total. The Balaban J connectivity index is 2.82. The Bertz CT molecular complexity index is 524. The van der Waals surface area contributed by atoms with Crippen LogP contribution >= 0.6 is 0 Å². The van der Waals surface area contributed by atoms with Crippen LogP contribution in [0.4, 0.5) is 5.69 Å². The molecule has 0 aliphatic heterocycles. The fourth-order valence-electron chi connectivity index (χ4n) is 1.46. The first-order chi connectivity index (χ1) is 8.30. The maximum Gasteiger partial charge on any atom is 0.224 e. The summed E-state index contributed by atoms with van der Waals surface area (Å²) in [6.07, 6.45) is 1.95. The Morgan fingerprint density at radius 1 is 1.39 bits per heavy atom. The normalized spacial score (nSPS) is 13.1. The quantitative estimate of drug-likeness (QED) is 0.840. The van der Waals surface area contributed by atoms with Crippen LogP contribution in [0.2, 0.25) is 0 Å². The summed E-state index contributed by atoms with van der Waals surface area (Å²) in [5, 5.41) is 2.60. The Kier molecular flexibility index (Phi) is 4.86. The van der Waals surface area contributed by atoms with Gasteiger partial charge in [-0.15, -0.1) is 0 Å². The van der Waals surface area contributed by atoms with Crippen LogP contribution in [0, 0.1) is 0 Å². The van der Waals surface area contributed by atoms with Crippen LogP contribution in [0.1, 0.15) is 19.8 Å². The molecule has 1 rings (SSSR count). The van der Waals surface area contributed by atoms with Gasteiger partial charge in [-0.25, -0.2) is 8.42 Å². The lowest BCUT2D eigenvalue weighted by molar-refractivity contribution is -0.116. The van der Waals surface area contributed by atoms with Crippen molar-refractivity contribution in [1.82, 2.24) is 0 Å². The summed E-state index contributed by atoms with van der Waals surface area (Å²) in [5.74, 6) is -0.233. The molecule has 0 bridgehead atoms. The van der Waals surface area contributed by atoms with E-state index in [0.29, 0.717) is 12.1 Å².